The molecule has 1 aromatic rings. The van der Waals surface area contributed by atoms with Gasteiger partial charge in [0, 0.05) is 20.7 Å². The highest BCUT2D eigenvalue weighted by atomic mass is 79.9. The van der Waals surface area contributed by atoms with Gasteiger partial charge in [0.25, 0.3) is 0 Å². The normalized spacial score (nSPS) is 17.3. The summed E-state index contributed by atoms with van der Waals surface area (Å²) < 4.78 is 1.02. The van der Waals surface area contributed by atoms with E-state index in [-0.39, 0.29) is 5.84 Å². The SMILES string of the molecule is N/C(=N/O)c1ccc(Br)cc1SCC1CCCC1. The molecule has 1 aliphatic rings. The van der Waals surface area contributed by atoms with Crippen LogP contribution in [-0.4, -0.2) is 16.8 Å². The molecular formula is C13H17BrN2OS. The number of benzene rings is 1. The molecule has 0 amide bonds. The van der Waals surface area contributed by atoms with Crippen LogP contribution in [0, 0.1) is 5.92 Å². The van der Waals surface area contributed by atoms with Crippen LogP contribution in [0.25, 0.3) is 0 Å². The van der Waals surface area contributed by atoms with Gasteiger partial charge in [0.1, 0.15) is 0 Å². The van der Waals surface area contributed by atoms with Crippen LogP contribution in [0.2, 0.25) is 0 Å². The van der Waals surface area contributed by atoms with Crippen LogP contribution in [0.15, 0.2) is 32.7 Å². The lowest BCUT2D eigenvalue weighted by Gasteiger charge is -2.11. The van der Waals surface area contributed by atoms with Gasteiger partial charge in [-0.25, -0.2) is 0 Å². The molecule has 1 fully saturated rings. The molecule has 0 aromatic heterocycles. The minimum atomic E-state index is 0.177. The van der Waals surface area contributed by atoms with E-state index in [1.807, 2.05) is 18.2 Å². The number of rotatable bonds is 4. The Morgan fingerprint density at radius 1 is 1.44 bits per heavy atom. The molecule has 3 N–H and O–H groups in total. The van der Waals surface area contributed by atoms with Crippen molar-refractivity contribution in [2.45, 2.75) is 30.6 Å². The number of amidine groups is 1. The smallest absolute Gasteiger partial charge is 0.171 e. The van der Waals surface area contributed by atoms with Crippen molar-refractivity contribution in [3.63, 3.8) is 0 Å². The van der Waals surface area contributed by atoms with Crippen LogP contribution >= 0.6 is 27.7 Å². The van der Waals surface area contributed by atoms with Crippen molar-refractivity contribution in [1.29, 1.82) is 0 Å². The molecule has 0 unspecified atom stereocenters. The number of hydrogen-bond donors (Lipinski definition) is 2. The zero-order chi connectivity index (χ0) is 13.0. The molecule has 0 heterocycles. The molecule has 3 nitrogen and oxygen atoms in total. The number of nitrogens with two attached hydrogens (primary N) is 1. The van der Waals surface area contributed by atoms with Crippen LogP contribution in [0.1, 0.15) is 31.2 Å². The number of halogens is 1. The first-order valence-electron chi connectivity index (χ1n) is 6.11. The van der Waals surface area contributed by atoms with Crippen LogP contribution in [0.4, 0.5) is 0 Å². The average molecular weight is 329 g/mol. The van der Waals surface area contributed by atoms with Gasteiger partial charge in [-0.05, 0) is 37.0 Å². The van der Waals surface area contributed by atoms with E-state index in [9.17, 15) is 0 Å². The first kappa shape index (κ1) is 13.7. The molecule has 98 valence electrons. The summed E-state index contributed by atoms with van der Waals surface area (Å²) in [4.78, 5) is 1.08. The summed E-state index contributed by atoms with van der Waals surface area (Å²) in [5.74, 6) is 2.10. The van der Waals surface area contributed by atoms with E-state index in [2.05, 4.69) is 21.1 Å². The molecular weight excluding hydrogens is 312 g/mol. The van der Waals surface area contributed by atoms with E-state index in [4.69, 9.17) is 10.9 Å². The topological polar surface area (TPSA) is 58.6 Å². The Labute approximate surface area is 120 Å². The molecule has 1 aromatic carbocycles. The third-order valence-corrected chi connectivity index (χ3v) is 5.06. The van der Waals surface area contributed by atoms with Crippen molar-refractivity contribution < 1.29 is 5.21 Å². The fraction of sp³-hybridized carbons (Fsp3) is 0.462. The third-order valence-electron chi connectivity index (χ3n) is 3.28. The quantitative estimate of drug-likeness (QED) is 0.290. The van der Waals surface area contributed by atoms with Crippen molar-refractivity contribution >= 4 is 33.5 Å². The maximum absolute atomic E-state index is 8.80. The van der Waals surface area contributed by atoms with Crippen molar-refractivity contribution in [2.24, 2.45) is 16.8 Å². The van der Waals surface area contributed by atoms with Gasteiger partial charge in [-0.3, -0.25) is 0 Å². The minimum Gasteiger partial charge on any atom is -0.409 e. The molecule has 18 heavy (non-hydrogen) atoms. The fourth-order valence-electron chi connectivity index (χ4n) is 2.27. The Kier molecular flexibility index (Phi) is 4.95. The van der Waals surface area contributed by atoms with Crippen LogP contribution < -0.4 is 5.73 Å². The summed E-state index contributed by atoms with van der Waals surface area (Å²) in [7, 11) is 0. The Morgan fingerprint density at radius 3 is 2.83 bits per heavy atom. The lowest BCUT2D eigenvalue weighted by atomic mass is 10.1. The fourth-order valence-corrected chi connectivity index (χ4v) is 4.07. The summed E-state index contributed by atoms with van der Waals surface area (Å²) in [6, 6.07) is 5.83. The van der Waals surface area contributed by atoms with E-state index in [1.165, 1.54) is 25.7 Å². The van der Waals surface area contributed by atoms with E-state index < -0.39 is 0 Å². The van der Waals surface area contributed by atoms with Crippen molar-refractivity contribution in [3.05, 3.63) is 28.2 Å². The van der Waals surface area contributed by atoms with Gasteiger partial charge in [-0.1, -0.05) is 33.9 Å². The minimum absolute atomic E-state index is 0.177. The molecule has 0 aliphatic heterocycles. The molecule has 0 spiro atoms. The van der Waals surface area contributed by atoms with Gasteiger partial charge >= 0.3 is 0 Å². The summed E-state index contributed by atoms with van der Waals surface area (Å²) >= 11 is 5.26. The predicted octanol–water partition coefficient (Wildman–Crippen LogP) is 3.83. The predicted molar refractivity (Wildman–Crippen MR) is 79.3 cm³/mol. The summed E-state index contributed by atoms with van der Waals surface area (Å²) in [5.41, 5.74) is 6.51. The zero-order valence-corrected chi connectivity index (χ0v) is 12.5. The molecule has 0 radical (unpaired) electrons. The van der Waals surface area contributed by atoms with E-state index in [0.29, 0.717) is 0 Å². The average Bonchev–Trinajstić information content (AvgIpc) is 2.88. The first-order valence-corrected chi connectivity index (χ1v) is 7.89. The highest BCUT2D eigenvalue weighted by Gasteiger charge is 2.16. The maximum atomic E-state index is 8.80. The lowest BCUT2D eigenvalue weighted by Crippen LogP contribution is -2.14. The standard InChI is InChI=1S/C13H17BrN2OS/c14-10-5-6-11(13(15)16-17)12(7-10)18-8-9-3-1-2-4-9/h5-7,9,17H,1-4,8H2,(H2,15,16). The molecule has 0 atom stereocenters. The van der Waals surface area contributed by atoms with E-state index in [0.717, 1.165) is 26.6 Å². The Bertz CT molecular complexity index is 445. The summed E-state index contributed by atoms with van der Waals surface area (Å²) in [5, 5.41) is 11.9. The van der Waals surface area contributed by atoms with Gasteiger partial charge in [0.05, 0.1) is 0 Å². The van der Waals surface area contributed by atoms with Gasteiger partial charge < -0.3 is 10.9 Å². The molecule has 1 saturated carbocycles. The second-order valence-corrected chi connectivity index (χ2v) is 6.56. The number of nitrogens with zero attached hydrogens (tertiary/aromatic N) is 1. The molecule has 0 saturated heterocycles. The van der Waals surface area contributed by atoms with Gasteiger partial charge in [-0.2, -0.15) is 0 Å². The molecule has 1 aliphatic carbocycles. The van der Waals surface area contributed by atoms with Gasteiger partial charge in [0.2, 0.25) is 0 Å². The first-order chi connectivity index (χ1) is 8.70. The Balaban J connectivity index is 2.11. The lowest BCUT2D eigenvalue weighted by molar-refractivity contribution is 0.318. The van der Waals surface area contributed by atoms with E-state index >= 15 is 0 Å². The van der Waals surface area contributed by atoms with Crippen LogP contribution in [0.3, 0.4) is 0 Å². The Morgan fingerprint density at radius 2 is 2.17 bits per heavy atom. The number of oxime groups is 1. The van der Waals surface area contributed by atoms with Crippen molar-refractivity contribution in [2.75, 3.05) is 5.75 Å². The van der Waals surface area contributed by atoms with Gasteiger partial charge in [0.15, 0.2) is 5.84 Å². The highest BCUT2D eigenvalue weighted by Crippen LogP contribution is 2.33. The van der Waals surface area contributed by atoms with Crippen LogP contribution in [-0.2, 0) is 0 Å². The molecule has 5 heteroatoms. The third kappa shape index (κ3) is 3.42. The molecule has 0 bridgehead atoms. The summed E-state index contributed by atoms with van der Waals surface area (Å²) in [6.45, 7) is 0. The second kappa shape index (κ2) is 6.48. The van der Waals surface area contributed by atoms with Crippen molar-refractivity contribution in [3.8, 4) is 0 Å². The zero-order valence-electron chi connectivity index (χ0n) is 10.1. The molecule has 2 rings (SSSR count). The summed E-state index contributed by atoms with van der Waals surface area (Å²) in [6.07, 6.45) is 5.38. The van der Waals surface area contributed by atoms with Crippen LogP contribution in [0.5, 0.6) is 0 Å². The second-order valence-electron chi connectivity index (χ2n) is 4.59. The van der Waals surface area contributed by atoms with Gasteiger partial charge in [-0.15, -0.1) is 11.8 Å². The highest BCUT2D eigenvalue weighted by molar-refractivity contribution is 9.10. The number of hydrogen-bond acceptors (Lipinski definition) is 3. The Hall–Kier alpha value is -0.680. The largest absolute Gasteiger partial charge is 0.409 e. The monoisotopic (exact) mass is 328 g/mol. The maximum Gasteiger partial charge on any atom is 0.171 e. The van der Waals surface area contributed by atoms with Crippen molar-refractivity contribution in [1.82, 2.24) is 0 Å². The number of thioether (sulfide) groups is 1. The van der Waals surface area contributed by atoms with E-state index in [1.54, 1.807) is 11.8 Å².